The van der Waals surface area contributed by atoms with Crippen LogP contribution in [0.4, 0.5) is 5.13 Å². The molecule has 0 saturated carbocycles. The molecular weight excluding hydrogens is 440 g/mol. The molecule has 0 fully saturated rings. The molecule has 0 aliphatic rings. The SMILES string of the molecule is CC[C@H](C)[C@H](NC(=O)Cc1ccc(OC)cc1)C(=O)Nc1nnc(-c2cccc(OC)c2)s1. The number of ether oxygens (including phenoxy) is 2. The van der Waals surface area contributed by atoms with Gasteiger partial charge < -0.3 is 14.8 Å². The zero-order valence-corrected chi connectivity index (χ0v) is 19.9. The number of nitrogens with zero attached hydrogens (tertiary/aromatic N) is 2. The molecule has 1 heterocycles. The number of carbonyl (C=O) groups is 2. The van der Waals surface area contributed by atoms with Gasteiger partial charge in [0.2, 0.25) is 16.9 Å². The molecule has 174 valence electrons. The molecule has 0 spiro atoms. The van der Waals surface area contributed by atoms with E-state index >= 15 is 0 Å². The number of hydrogen-bond acceptors (Lipinski definition) is 7. The number of amides is 2. The minimum atomic E-state index is -0.690. The lowest BCUT2D eigenvalue weighted by Gasteiger charge is -2.23. The van der Waals surface area contributed by atoms with Crippen LogP contribution >= 0.6 is 11.3 Å². The van der Waals surface area contributed by atoms with Gasteiger partial charge in [0.25, 0.3) is 0 Å². The highest BCUT2D eigenvalue weighted by molar-refractivity contribution is 7.18. The Morgan fingerprint density at radius 3 is 2.42 bits per heavy atom. The highest BCUT2D eigenvalue weighted by Crippen LogP contribution is 2.29. The lowest BCUT2D eigenvalue weighted by Crippen LogP contribution is -2.48. The van der Waals surface area contributed by atoms with Crippen molar-refractivity contribution in [3.63, 3.8) is 0 Å². The molecule has 0 bridgehead atoms. The van der Waals surface area contributed by atoms with Gasteiger partial charge in [0.1, 0.15) is 22.5 Å². The molecule has 3 aromatic rings. The molecule has 2 aromatic carbocycles. The summed E-state index contributed by atoms with van der Waals surface area (Å²) in [7, 11) is 3.19. The number of hydrogen-bond donors (Lipinski definition) is 2. The van der Waals surface area contributed by atoms with Crippen molar-refractivity contribution in [3.8, 4) is 22.1 Å². The number of aromatic nitrogens is 2. The fraction of sp³-hybridized carbons (Fsp3) is 0.333. The maximum absolute atomic E-state index is 13.0. The minimum Gasteiger partial charge on any atom is -0.497 e. The van der Waals surface area contributed by atoms with Gasteiger partial charge >= 0.3 is 0 Å². The summed E-state index contributed by atoms with van der Waals surface area (Å²) in [4.78, 5) is 25.7. The van der Waals surface area contributed by atoms with E-state index in [1.165, 1.54) is 11.3 Å². The average Bonchev–Trinajstić information content (AvgIpc) is 3.31. The van der Waals surface area contributed by atoms with Crippen molar-refractivity contribution < 1.29 is 19.1 Å². The van der Waals surface area contributed by atoms with Gasteiger partial charge in [0.15, 0.2) is 0 Å². The second-order valence-electron chi connectivity index (χ2n) is 7.59. The molecule has 0 aliphatic carbocycles. The van der Waals surface area contributed by atoms with E-state index in [9.17, 15) is 9.59 Å². The smallest absolute Gasteiger partial charge is 0.249 e. The molecule has 8 nitrogen and oxygen atoms in total. The van der Waals surface area contributed by atoms with E-state index in [4.69, 9.17) is 9.47 Å². The first kappa shape index (κ1) is 24.2. The van der Waals surface area contributed by atoms with Crippen molar-refractivity contribution >= 4 is 28.3 Å². The average molecular weight is 469 g/mol. The van der Waals surface area contributed by atoms with Crippen molar-refractivity contribution in [2.75, 3.05) is 19.5 Å². The Morgan fingerprint density at radius 1 is 1.03 bits per heavy atom. The summed E-state index contributed by atoms with van der Waals surface area (Å²) in [6.45, 7) is 3.91. The van der Waals surface area contributed by atoms with Crippen LogP contribution in [0.3, 0.4) is 0 Å². The van der Waals surface area contributed by atoms with Crippen LogP contribution in [-0.2, 0) is 16.0 Å². The molecule has 33 heavy (non-hydrogen) atoms. The van der Waals surface area contributed by atoms with Crippen molar-refractivity contribution in [2.45, 2.75) is 32.7 Å². The number of benzene rings is 2. The maximum atomic E-state index is 13.0. The van der Waals surface area contributed by atoms with Crippen molar-refractivity contribution in [3.05, 3.63) is 54.1 Å². The summed E-state index contributed by atoms with van der Waals surface area (Å²) in [5.74, 6) is 0.831. The van der Waals surface area contributed by atoms with Gasteiger partial charge in [-0.3, -0.25) is 14.9 Å². The predicted octanol–water partition coefficient (Wildman–Crippen LogP) is 3.93. The number of anilines is 1. The van der Waals surface area contributed by atoms with Crippen LogP contribution in [0, 0.1) is 5.92 Å². The zero-order valence-electron chi connectivity index (χ0n) is 19.1. The number of carbonyl (C=O) groups excluding carboxylic acids is 2. The molecule has 2 atom stereocenters. The van der Waals surface area contributed by atoms with Crippen LogP contribution in [0.15, 0.2) is 48.5 Å². The first-order valence-electron chi connectivity index (χ1n) is 10.6. The van der Waals surface area contributed by atoms with E-state index in [1.807, 2.05) is 50.2 Å². The fourth-order valence-corrected chi connectivity index (χ4v) is 3.93. The van der Waals surface area contributed by atoms with Gasteiger partial charge in [-0.2, -0.15) is 0 Å². The van der Waals surface area contributed by atoms with E-state index in [0.717, 1.165) is 23.3 Å². The Hall–Kier alpha value is -3.46. The first-order valence-corrected chi connectivity index (χ1v) is 11.5. The minimum absolute atomic E-state index is 0.0596. The van der Waals surface area contributed by atoms with Crippen LogP contribution in [0.25, 0.3) is 10.6 Å². The molecule has 0 saturated heterocycles. The largest absolute Gasteiger partial charge is 0.497 e. The summed E-state index contributed by atoms with van der Waals surface area (Å²) in [6, 6.07) is 14.0. The van der Waals surface area contributed by atoms with Crippen LogP contribution in [0.1, 0.15) is 25.8 Å². The second kappa shape index (κ2) is 11.4. The van der Waals surface area contributed by atoms with Gasteiger partial charge in [-0.15, -0.1) is 10.2 Å². The molecule has 9 heteroatoms. The van der Waals surface area contributed by atoms with Crippen molar-refractivity contribution in [1.29, 1.82) is 0 Å². The van der Waals surface area contributed by atoms with Crippen LogP contribution in [0.2, 0.25) is 0 Å². The molecule has 0 unspecified atom stereocenters. The van der Waals surface area contributed by atoms with Gasteiger partial charge in [-0.25, -0.2) is 0 Å². The molecule has 0 aliphatic heterocycles. The topological polar surface area (TPSA) is 102 Å². The van der Waals surface area contributed by atoms with E-state index in [2.05, 4.69) is 20.8 Å². The van der Waals surface area contributed by atoms with Crippen molar-refractivity contribution in [2.24, 2.45) is 5.92 Å². The zero-order chi connectivity index (χ0) is 23.8. The van der Waals surface area contributed by atoms with E-state index in [0.29, 0.717) is 15.9 Å². The molecule has 0 radical (unpaired) electrons. The molecule has 2 amide bonds. The van der Waals surface area contributed by atoms with Crippen LogP contribution in [-0.4, -0.2) is 42.3 Å². The Balaban J connectivity index is 1.66. The highest BCUT2D eigenvalue weighted by Gasteiger charge is 2.27. The van der Waals surface area contributed by atoms with Gasteiger partial charge in [0, 0.05) is 5.56 Å². The van der Waals surface area contributed by atoms with Crippen LogP contribution in [0.5, 0.6) is 11.5 Å². The van der Waals surface area contributed by atoms with Crippen LogP contribution < -0.4 is 20.1 Å². The van der Waals surface area contributed by atoms with E-state index in [-0.39, 0.29) is 24.2 Å². The highest BCUT2D eigenvalue weighted by atomic mass is 32.1. The summed E-state index contributed by atoms with van der Waals surface area (Å²) >= 11 is 1.26. The fourth-order valence-electron chi connectivity index (χ4n) is 3.18. The summed E-state index contributed by atoms with van der Waals surface area (Å²) in [6.07, 6.45) is 0.898. The number of methoxy groups -OCH3 is 2. The lowest BCUT2D eigenvalue weighted by molar-refractivity contribution is -0.127. The van der Waals surface area contributed by atoms with Gasteiger partial charge in [-0.1, -0.05) is 55.9 Å². The van der Waals surface area contributed by atoms with Crippen molar-refractivity contribution in [1.82, 2.24) is 15.5 Å². The predicted molar refractivity (Wildman–Crippen MR) is 129 cm³/mol. The third-order valence-electron chi connectivity index (χ3n) is 5.31. The summed E-state index contributed by atoms with van der Waals surface area (Å²) in [5, 5.41) is 15.0. The standard InChI is InChI=1S/C24H28N4O4S/c1-5-15(2)21(25-20(29)13-16-9-11-18(31-3)12-10-16)22(30)26-24-28-27-23(33-24)17-7-6-8-19(14-17)32-4/h6-12,14-15,21H,5,13H2,1-4H3,(H,25,29)(H,26,28,30)/t15-,21-/m0/s1. The Bertz CT molecular complexity index is 1080. The Kier molecular flexibility index (Phi) is 8.37. The second-order valence-corrected chi connectivity index (χ2v) is 8.57. The van der Waals surface area contributed by atoms with E-state index < -0.39 is 6.04 Å². The first-order chi connectivity index (χ1) is 15.9. The Morgan fingerprint density at radius 2 is 1.76 bits per heavy atom. The molecule has 1 aromatic heterocycles. The van der Waals surface area contributed by atoms with Gasteiger partial charge in [0.05, 0.1) is 20.6 Å². The Labute approximate surface area is 197 Å². The normalized spacial score (nSPS) is 12.5. The number of rotatable bonds is 10. The maximum Gasteiger partial charge on any atom is 0.249 e. The molecule has 3 rings (SSSR count). The quantitative estimate of drug-likeness (QED) is 0.467. The third-order valence-corrected chi connectivity index (χ3v) is 6.20. The molecular formula is C24H28N4O4S. The monoisotopic (exact) mass is 468 g/mol. The number of nitrogens with one attached hydrogen (secondary N) is 2. The third kappa shape index (κ3) is 6.52. The van der Waals surface area contributed by atoms with E-state index in [1.54, 1.807) is 26.4 Å². The molecule has 2 N–H and O–H groups in total. The lowest BCUT2D eigenvalue weighted by atomic mass is 9.98. The summed E-state index contributed by atoms with van der Waals surface area (Å²) in [5.41, 5.74) is 1.68. The van der Waals surface area contributed by atoms with Gasteiger partial charge in [-0.05, 0) is 35.7 Å². The summed E-state index contributed by atoms with van der Waals surface area (Å²) < 4.78 is 10.4.